The highest BCUT2D eigenvalue weighted by atomic mass is 16.6. The van der Waals surface area contributed by atoms with Crippen molar-refractivity contribution in [3.05, 3.63) is 40.5 Å². The standard InChI is InChI=1S/C8H4N6O2/c9-5-6-8(11-3-2-10-6)13-4-1-7(12-13)14(15)16/h1-4H. The average molecular weight is 216 g/mol. The van der Waals surface area contributed by atoms with Crippen LogP contribution in [0.5, 0.6) is 0 Å². The zero-order chi connectivity index (χ0) is 11.5. The minimum atomic E-state index is -0.626. The van der Waals surface area contributed by atoms with Crippen molar-refractivity contribution in [1.82, 2.24) is 19.7 Å². The molecule has 0 aromatic carbocycles. The monoisotopic (exact) mass is 216 g/mol. The van der Waals surface area contributed by atoms with Crippen molar-refractivity contribution in [3.8, 4) is 11.9 Å². The van der Waals surface area contributed by atoms with Gasteiger partial charge in [0.2, 0.25) is 5.82 Å². The van der Waals surface area contributed by atoms with Gasteiger partial charge in [-0.15, -0.1) is 4.68 Å². The second-order valence-corrected chi connectivity index (χ2v) is 2.72. The SMILES string of the molecule is N#Cc1nccnc1-n1ccc([N+](=O)[O-])n1. The van der Waals surface area contributed by atoms with Crippen molar-refractivity contribution in [1.29, 1.82) is 5.26 Å². The maximum Gasteiger partial charge on any atom is 0.390 e. The Bertz CT molecular complexity index is 584. The van der Waals surface area contributed by atoms with Crippen molar-refractivity contribution in [2.45, 2.75) is 0 Å². The summed E-state index contributed by atoms with van der Waals surface area (Å²) in [4.78, 5) is 17.5. The molecular formula is C8H4N6O2. The molecule has 0 unspecified atom stereocenters. The van der Waals surface area contributed by atoms with Crippen LogP contribution in [-0.4, -0.2) is 24.7 Å². The van der Waals surface area contributed by atoms with Crippen molar-refractivity contribution < 1.29 is 4.92 Å². The largest absolute Gasteiger partial charge is 0.390 e. The van der Waals surface area contributed by atoms with Gasteiger partial charge in [0.05, 0.1) is 17.4 Å². The Morgan fingerprint density at radius 2 is 2.19 bits per heavy atom. The summed E-state index contributed by atoms with van der Waals surface area (Å²) < 4.78 is 1.14. The third-order valence-corrected chi connectivity index (χ3v) is 1.76. The normalized spacial score (nSPS) is 9.69. The first-order chi connectivity index (χ1) is 7.72. The predicted molar refractivity (Wildman–Crippen MR) is 50.5 cm³/mol. The van der Waals surface area contributed by atoms with Crippen molar-refractivity contribution in [2.75, 3.05) is 0 Å². The molecule has 0 aliphatic rings. The molecule has 0 atom stereocenters. The van der Waals surface area contributed by atoms with Crippen LogP contribution in [0.3, 0.4) is 0 Å². The molecule has 0 aliphatic carbocycles. The van der Waals surface area contributed by atoms with E-state index in [0.717, 1.165) is 4.68 Å². The lowest BCUT2D eigenvalue weighted by Crippen LogP contribution is -2.03. The molecule has 0 amide bonds. The molecule has 2 rings (SSSR count). The zero-order valence-electron chi connectivity index (χ0n) is 7.81. The molecule has 78 valence electrons. The fourth-order valence-corrected chi connectivity index (χ4v) is 1.11. The Morgan fingerprint density at radius 3 is 2.81 bits per heavy atom. The molecule has 2 aromatic heterocycles. The van der Waals surface area contributed by atoms with Gasteiger partial charge in [0.15, 0.2) is 5.69 Å². The summed E-state index contributed by atoms with van der Waals surface area (Å²) in [5, 5.41) is 22.8. The summed E-state index contributed by atoms with van der Waals surface area (Å²) in [5.41, 5.74) is 0.0560. The number of aromatic nitrogens is 4. The van der Waals surface area contributed by atoms with Crippen molar-refractivity contribution in [3.63, 3.8) is 0 Å². The summed E-state index contributed by atoms with van der Waals surface area (Å²) in [6.45, 7) is 0. The molecule has 0 N–H and O–H groups in total. The van der Waals surface area contributed by atoms with Gasteiger partial charge in [0, 0.05) is 12.4 Å². The minimum absolute atomic E-state index is 0.0560. The topological polar surface area (TPSA) is 111 Å². The van der Waals surface area contributed by atoms with E-state index in [2.05, 4.69) is 15.1 Å². The maximum atomic E-state index is 10.4. The van der Waals surface area contributed by atoms with Gasteiger partial charge in [-0.25, -0.2) is 9.97 Å². The highest BCUT2D eigenvalue weighted by Gasteiger charge is 2.15. The van der Waals surface area contributed by atoms with E-state index in [1.165, 1.54) is 24.7 Å². The highest BCUT2D eigenvalue weighted by molar-refractivity contribution is 5.37. The third-order valence-electron chi connectivity index (χ3n) is 1.76. The van der Waals surface area contributed by atoms with E-state index in [-0.39, 0.29) is 17.3 Å². The summed E-state index contributed by atoms with van der Waals surface area (Å²) in [5.74, 6) is -0.146. The average Bonchev–Trinajstić information content (AvgIpc) is 2.78. The summed E-state index contributed by atoms with van der Waals surface area (Å²) in [7, 11) is 0. The van der Waals surface area contributed by atoms with E-state index < -0.39 is 4.92 Å². The molecule has 0 spiro atoms. The molecule has 0 aliphatic heterocycles. The smallest absolute Gasteiger partial charge is 0.358 e. The quantitative estimate of drug-likeness (QED) is 0.532. The Labute approximate surface area is 88.9 Å². The van der Waals surface area contributed by atoms with Crippen LogP contribution in [-0.2, 0) is 0 Å². The van der Waals surface area contributed by atoms with Gasteiger partial charge in [0.25, 0.3) is 0 Å². The van der Waals surface area contributed by atoms with E-state index in [9.17, 15) is 10.1 Å². The molecule has 0 saturated carbocycles. The maximum absolute atomic E-state index is 10.4. The summed E-state index contributed by atoms with van der Waals surface area (Å²) in [6.07, 6.45) is 4.09. The molecule has 16 heavy (non-hydrogen) atoms. The number of nitro groups is 1. The van der Waals surface area contributed by atoms with Gasteiger partial charge in [-0.2, -0.15) is 5.26 Å². The van der Waals surface area contributed by atoms with Crippen LogP contribution in [0.1, 0.15) is 5.69 Å². The minimum Gasteiger partial charge on any atom is -0.358 e. The number of nitriles is 1. The van der Waals surface area contributed by atoms with Gasteiger partial charge in [-0.05, 0) is 4.92 Å². The van der Waals surface area contributed by atoms with Gasteiger partial charge in [-0.3, -0.25) is 0 Å². The molecule has 0 bridgehead atoms. The fourth-order valence-electron chi connectivity index (χ4n) is 1.11. The van der Waals surface area contributed by atoms with E-state index in [4.69, 9.17) is 5.26 Å². The highest BCUT2D eigenvalue weighted by Crippen LogP contribution is 2.11. The lowest BCUT2D eigenvalue weighted by atomic mass is 10.4. The predicted octanol–water partition coefficient (Wildman–Crippen LogP) is 0.442. The van der Waals surface area contributed by atoms with E-state index in [1.807, 2.05) is 6.07 Å². The van der Waals surface area contributed by atoms with Crippen LogP contribution in [0.4, 0.5) is 5.82 Å². The van der Waals surface area contributed by atoms with Crippen LogP contribution in [0, 0.1) is 21.4 Å². The first-order valence-corrected chi connectivity index (χ1v) is 4.14. The molecule has 0 fully saturated rings. The van der Waals surface area contributed by atoms with Crippen molar-refractivity contribution >= 4 is 5.82 Å². The van der Waals surface area contributed by atoms with Crippen LogP contribution in [0.2, 0.25) is 0 Å². The molecule has 8 heteroatoms. The number of rotatable bonds is 2. The fraction of sp³-hybridized carbons (Fsp3) is 0. The Morgan fingerprint density at radius 1 is 1.44 bits per heavy atom. The molecule has 2 aromatic rings. The first-order valence-electron chi connectivity index (χ1n) is 4.14. The van der Waals surface area contributed by atoms with Crippen LogP contribution in [0.15, 0.2) is 24.7 Å². The lowest BCUT2D eigenvalue weighted by Gasteiger charge is -1.95. The second kappa shape index (κ2) is 3.74. The Balaban J connectivity index is 2.51. The van der Waals surface area contributed by atoms with E-state index in [1.54, 1.807) is 0 Å². The number of hydrogen-bond acceptors (Lipinski definition) is 6. The van der Waals surface area contributed by atoms with Crippen molar-refractivity contribution in [2.24, 2.45) is 0 Å². The summed E-state index contributed by atoms with van der Waals surface area (Å²) >= 11 is 0. The van der Waals surface area contributed by atoms with Gasteiger partial charge >= 0.3 is 5.82 Å². The molecule has 8 nitrogen and oxygen atoms in total. The number of hydrogen-bond donors (Lipinski definition) is 0. The molecule has 0 radical (unpaired) electrons. The van der Waals surface area contributed by atoms with E-state index >= 15 is 0 Å². The lowest BCUT2D eigenvalue weighted by molar-refractivity contribution is -0.389. The van der Waals surface area contributed by atoms with Gasteiger partial charge in [0.1, 0.15) is 6.07 Å². The Hall–Kier alpha value is -2.82. The molecule has 2 heterocycles. The first kappa shape index (κ1) is 9.72. The van der Waals surface area contributed by atoms with Crippen LogP contribution < -0.4 is 0 Å². The third kappa shape index (κ3) is 1.57. The number of nitrogens with zero attached hydrogens (tertiary/aromatic N) is 6. The second-order valence-electron chi connectivity index (χ2n) is 2.72. The molecular weight excluding hydrogens is 212 g/mol. The Kier molecular flexibility index (Phi) is 2.27. The van der Waals surface area contributed by atoms with Gasteiger partial charge < -0.3 is 10.1 Å². The van der Waals surface area contributed by atoms with Gasteiger partial charge in [-0.1, -0.05) is 0 Å². The summed E-state index contributed by atoms with van der Waals surface area (Å²) in [6, 6.07) is 3.05. The van der Waals surface area contributed by atoms with Crippen LogP contribution >= 0.6 is 0 Å². The van der Waals surface area contributed by atoms with E-state index in [0.29, 0.717) is 0 Å². The molecule has 0 saturated heterocycles. The van der Waals surface area contributed by atoms with Crippen LogP contribution in [0.25, 0.3) is 5.82 Å². The zero-order valence-corrected chi connectivity index (χ0v) is 7.81.